The lowest BCUT2D eigenvalue weighted by Crippen LogP contribution is -2.42. The van der Waals surface area contributed by atoms with E-state index >= 15 is 0 Å². The Labute approximate surface area is 145 Å². The molecule has 0 fully saturated rings. The number of carbonyl (C=O) groups excluding carboxylic acids is 1. The van der Waals surface area contributed by atoms with Gasteiger partial charge in [-0.2, -0.15) is 0 Å². The number of benzene rings is 2. The molecule has 2 aromatic rings. The average Bonchev–Trinajstić information content (AvgIpc) is 2.98. The maximum Gasteiger partial charge on any atom is 0.324 e. The Bertz CT molecular complexity index is 804. The quantitative estimate of drug-likeness (QED) is 0.561. The lowest BCUT2D eigenvalue weighted by atomic mass is 10.0. The molecular weight excluding hydrogens is 320 g/mol. The summed E-state index contributed by atoms with van der Waals surface area (Å²) in [5.41, 5.74) is 11.5. The van der Waals surface area contributed by atoms with E-state index in [9.17, 15) is 9.59 Å². The number of carbonyl (C=O) groups is 2. The van der Waals surface area contributed by atoms with Crippen molar-refractivity contribution in [2.45, 2.75) is 19.1 Å². The summed E-state index contributed by atoms with van der Waals surface area (Å²) in [6, 6.07) is 13.3. The van der Waals surface area contributed by atoms with Gasteiger partial charge in [0.2, 0.25) is 0 Å². The molecule has 3 rings (SSSR count). The number of nitrogens with two attached hydrogens (primary N) is 1. The first-order valence-corrected chi connectivity index (χ1v) is 8.10. The molecular formula is C19H20N2O4. The van der Waals surface area contributed by atoms with Gasteiger partial charge >= 0.3 is 11.9 Å². The molecule has 25 heavy (non-hydrogen) atoms. The van der Waals surface area contributed by atoms with Gasteiger partial charge < -0.3 is 20.9 Å². The van der Waals surface area contributed by atoms with Crippen LogP contribution in [0.4, 0.5) is 0 Å². The maximum absolute atomic E-state index is 12.0. The predicted octanol–water partition coefficient (Wildman–Crippen LogP) is 1.30. The second-order valence-corrected chi connectivity index (χ2v) is 6.02. The van der Waals surface area contributed by atoms with Gasteiger partial charge in [0.15, 0.2) is 0 Å². The lowest BCUT2D eigenvalue weighted by Gasteiger charge is -2.13. The second-order valence-electron chi connectivity index (χ2n) is 6.02. The van der Waals surface area contributed by atoms with E-state index in [4.69, 9.17) is 15.6 Å². The number of hydrogen-bond acceptors (Lipinski definition) is 5. The van der Waals surface area contributed by atoms with Crippen LogP contribution in [0.25, 0.3) is 11.1 Å². The van der Waals surface area contributed by atoms with Gasteiger partial charge in [-0.3, -0.25) is 9.59 Å². The number of rotatable bonds is 7. The first kappa shape index (κ1) is 17.1. The van der Waals surface area contributed by atoms with E-state index < -0.39 is 18.0 Å². The highest BCUT2D eigenvalue weighted by Crippen LogP contribution is 2.38. The minimum Gasteiger partial charge on any atom is -0.480 e. The number of ether oxygens (including phenoxy) is 1. The van der Waals surface area contributed by atoms with Crippen LogP contribution in [0.5, 0.6) is 0 Å². The SMILES string of the molecule is NC(CNCC(=O)O)C(=O)OCc1cccc2c1Cc1ccccc1-2. The van der Waals surface area contributed by atoms with Gasteiger partial charge in [0.1, 0.15) is 12.6 Å². The fourth-order valence-corrected chi connectivity index (χ4v) is 3.03. The van der Waals surface area contributed by atoms with Crippen LogP contribution in [0.15, 0.2) is 42.5 Å². The van der Waals surface area contributed by atoms with Crippen molar-refractivity contribution in [3.8, 4) is 11.1 Å². The number of carboxylic acids is 1. The van der Waals surface area contributed by atoms with Crippen molar-refractivity contribution in [3.05, 3.63) is 59.2 Å². The maximum atomic E-state index is 12.0. The van der Waals surface area contributed by atoms with Gasteiger partial charge in [0.05, 0.1) is 6.54 Å². The van der Waals surface area contributed by atoms with Crippen LogP contribution in [0.1, 0.15) is 16.7 Å². The van der Waals surface area contributed by atoms with Gasteiger partial charge in [-0.25, -0.2) is 0 Å². The van der Waals surface area contributed by atoms with Crippen molar-refractivity contribution in [3.63, 3.8) is 0 Å². The Balaban J connectivity index is 1.62. The third kappa shape index (κ3) is 3.87. The van der Waals surface area contributed by atoms with E-state index in [1.54, 1.807) is 0 Å². The van der Waals surface area contributed by atoms with Crippen LogP contribution in [0.3, 0.4) is 0 Å². The third-order valence-electron chi connectivity index (χ3n) is 4.26. The zero-order valence-corrected chi connectivity index (χ0v) is 13.7. The predicted molar refractivity (Wildman–Crippen MR) is 93.0 cm³/mol. The van der Waals surface area contributed by atoms with Crippen LogP contribution in [0, 0.1) is 0 Å². The molecule has 0 saturated heterocycles. The second kappa shape index (κ2) is 7.46. The molecule has 1 aliphatic rings. The fourth-order valence-electron chi connectivity index (χ4n) is 3.03. The standard InChI is InChI=1S/C19H20N2O4/c20-17(9-21-10-18(22)23)19(24)25-11-13-5-3-7-15-14-6-2-1-4-12(14)8-16(13)15/h1-7,17,21H,8-11,20H2,(H,22,23). The van der Waals surface area contributed by atoms with Gasteiger partial charge in [-0.1, -0.05) is 42.5 Å². The Kier molecular flexibility index (Phi) is 5.11. The molecule has 0 heterocycles. The van der Waals surface area contributed by atoms with Crippen molar-refractivity contribution < 1.29 is 19.4 Å². The summed E-state index contributed by atoms with van der Waals surface area (Å²) in [7, 11) is 0. The first-order valence-electron chi connectivity index (χ1n) is 8.10. The summed E-state index contributed by atoms with van der Waals surface area (Å²) in [6.07, 6.45) is 0.825. The number of fused-ring (bicyclic) bond motifs is 3. The highest BCUT2D eigenvalue weighted by Gasteiger charge is 2.21. The smallest absolute Gasteiger partial charge is 0.324 e. The van der Waals surface area contributed by atoms with E-state index in [0.29, 0.717) is 0 Å². The molecule has 6 heteroatoms. The molecule has 0 spiro atoms. The lowest BCUT2D eigenvalue weighted by molar-refractivity contribution is -0.146. The summed E-state index contributed by atoms with van der Waals surface area (Å²) in [5, 5.41) is 11.2. The molecule has 0 radical (unpaired) electrons. The van der Waals surface area contributed by atoms with Crippen molar-refractivity contribution in [2.24, 2.45) is 5.73 Å². The summed E-state index contributed by atoms with van der Waals surface area (Å²) >= 11 is 0. The van der Waals surface area contributed by atoms with Crippen LogP contribution in [0.2, 0.25) is 0 Å². The average molecular weight is 340 g/mol. The van der Waals surface area contributed by atoms with Gasteiger partial charge in [0, 0.05) is 6.54 Å². The molecule has 4 N–H and O–H groups in total. The first-order chi connectivity index (χ1) is 12.1. The Hall–Kier alpha value is -2.70. The van der Waals surface area contributed by atoms with Crippen LogP contribution >= 0.6 is 0 Å². The van der Waals surface area contributed by atoms with E-state index in [1.807, 2.05) is 24.3 Å². The zero-order chi connectivity index (χ0) is 17.8. The van der Waals surface area contributed by atoms with Gasteiger partial charge in [0.25, 0.3) is 0 Å². The minimum atomic E-state index is -1.00. The van der Waals surface area contributed by atoms with Crippen LogP contribution in [-0.2, 0) is 27.4 Å². The van der Waals surface area contributed by atoms with Crippen molar-refractivity contribution in [1.29, 1.82) is 0 Å². The molecule has 1 aliphatic carbocycles. The van der Waals surface area contributed by atoms with E-state index in [-0.39, 0.29) is 19.7 Å². The zero-order valence-electron chi connectivity index (χ0n) is 13.7. The van der Waals surface area contributed by atoms with Crippen LogP contribution in [-0.4, -0.2) is 36.2 Å². The van der Waals surface area contributed by atoms with E-state index in [1.165, 1.54) is 22.3 Å². The Morgan fingerprint density at radius 2 is 1.92 bits per heavy atom. The number of esters is 1. The van der Waals surface area contributed by atoms with Crippen molar-refractivity contribution in [1.82, 2.24) is 5.32 Å². The third-order valence-corrected chi connectivity index (χ3v) is 4.26. The molecule has 1 unspecified atom stereocenters. The summed E-state index contributed by atoms with van der Waals surface area (Å²) in [4.78, 5) is 22.4. The normalized spacial score (nSPS) is 13.0. The molecule has 0 saturated carbocycles. The summed E-state index contributed by atoms with van der Waals surface area (Å²) in [6.45, 7) is -0.0302. The number of carboxylic acid groups (broad SMARTS) is 1. The Morgan fingerprint density at radius 3 is 2.72 bits per heavy atom. The number of hydrogen-bond donors (Lipinski definition) is 3. The number of nitrogens with one attached hydrogen (secondary N) is 1. The molecule has 130 valence electrons. The van der Waals surface area contributed by atoms with Gasteiger partial charge in [-0.05, 0) is 34.2 Å². The highest BCUT2D eigenvalue weighted by molar-refractivity contribution is 5.78. The minimum absolute atomic E-state index is 0.0590. The van der Waals surface area contributed by atoms with Crippen LogP contribution < -0.4 is 11.1 Å². The largest absolute Gasteiger partial charge is 0.480 e. The molecule has 0 aromatic heterocycles. The fraction of sp³-hybridized carbons (Fsp3) is 0.263. The number of aliphatic carboxylic acids is 1. The molecule has 6 nitrogen and oxygen atoms in total. The molecule has 2 aromatic carbocycles. The molecule has 1 atom stereocenters. The molecule has 0 aliphatic heterocycles. The molecule has 0 bridgehead atoms. The van der Waals surface area contributed by atoms with Crippen molar-refractivity contribution in [2.75, 3.05) is 13.1 Å². The van der Waals surface area contributed by atoms with E-state index in [0.717, 1.165) is 12.0 Å². The monoisotopic (exact) mass is 340 g/mol. The van der Waals surface area contributed by atoms with Crippen molar-refractivity contribution >= 4 is 11.9 Å². The molecule has 0 amide bonds. The summed E-state index contributed by atoms with van der Waals surface area (Å²) < 4.78 is 5.32. The van der Waals surface area contributed by atoms with E-state index in [2.05, 4.69) is 23.5 Å². The highest BCUT2D eigenvalue weighted by atomic mass is 16.5. The Morgan fingerprint density at radius 1 is 1.16 bits per heavy atom. The topological polar surface area (TPSA) is 102 Å². The van der Waals surface area contributed by atoms with Gasteiger partial charge in [-0.15, -0.1) is 0 Å². The summed E-state index contributed by atoms with van der Waals surface area (Å²) in [5.74, 6) is -1.55.